The van der Waals surface area contributed by atoms with Gasteiger partial charge in [0, 0.05) is 5.41 Å². The van der Waals surface area contributed by atoms with Crippen LogP contribution in [0.25, 0.3) is 120 Å². The highest BCUT2D eigenvalue weighted by molar-refractivity contribution is 6.45. The lowest BCUT2D eigenvalue weighted by Gasteiger charge is -2.35. The molecule has 0 saturated carbocycles. The van der Waals surface area contributed by atoms with Crippen LogP contribution in [-0.4, -0.2) is 0 Å². The van der Waals surface area contributed by atoms with Crippen LogP contribution >= 0.6 is 0 Å². The van der Waals surface area contributed by atoms with Crippen molar-refractivity contribution < 1.29 is 0 Å². The fraction of sp³-hybridized carbons (Fsp3) is 0.0545. The second kappa shape index (κ2) is 10.3. The lowest BCUT2D eigenvalue weighted by molar-refractivity contribution is 0.646. The number of hydrogen-bond acceptors (Lipinski definition) is 0. The van der Waals surface area contributed by atoms with Gasteiger partial charge in [0.05, 0.1) is 0 Å². The Morgan fingerprint density at radius 1 is 0.291 bits per heavy atom. The monoisotopic (exact) mass is 694 g/mol. The zero-order valence-corrected chi connectivity index (χ0v) is 30.7. The highest BCUT2D eigenvalue weighted by Gasteiger charge is 2.36. The molecule has 0 heterocycles. The second-order valence-electron chi connectivity index (χ2n) is 16.3. The molecule has 254 valence electrons. The van der Waals surface area contributed by atoms with E-state index in [9.17, 15) is 0 Å². The van der Waals surface area contributed by atoms with E-state index in [2.05, 4.69) is 184 Å². The van der Waals surface area contributed by atoms with Gasteiger partial charge in [0.15, 0.2) is 0 Å². The van der Waals surface area contributed by atoms with Crippen LogP contribution in [0, 0.1) is 0 Å². The Morgan fingerprint density at radius 2 is 0.855 bits per heavy atom. The Labute approximate surface area is 318 Å². The Hall–Kier alpha value is -6.76. The SMILES string of the molecule is CC1(C)c2cc3ccccc3cc2-c2ccc3c4c(-c5ccccc5)c5cc6c7ccccc7c7cccc(c5c(-c5ccccc5)c4c4ccc1c2c34)c76. The minimum Gasteiger partial charge on any atom is -0.0622 e. The van der Waals surface area contributed by atoms with Gasteiger partial charge in [-0.15, -0.1) is 0 Å². The molecule has 0 aliphatic heterocycles. The Morgan fingerprint density at radius 3 is 1.60 bits per heavy atom. The van der Waals surface area contributed by atoms with Crippen molar-refractivity contribution in [3.8, 4) is 33.4 Å². The van der Waals surface area contributed by atoms with E-state index in [0.717, 1.165) is 0 Å². The maximum Gasteiger partial charge on any atom is 0.0159 e. The summed E-state index contributed by atoms with van der Waals surface area (Å²) in [4.78, 5) is 0. The van der Waals surface area contributed by atoms with E-state index in [0.29, 0.717) is 0 Å². The average Bonchev–Trinajstić information content (AvgIpc) is 3.74. The summed E-state index contributed by atoms with van der Waals surface area (Å²) >= 11 is 0. The summed E-state index contributed by atoms with van der Waals surface area (Å²) in [5, 5.41) is 21.5. The molecule has 0 spiro atoms. The quantitative estimate of drug-likeness (QED) is 0.158. The Bertz CT molecular complexity index is 3590. The smallest absolute Gasteiger partial charge is 0.0159 e. The molecular weight excluding hydrogens is 661 g/mol. The molecule has 0 heteroatoms. The highest BCUT2D eigenvalue weighted by atomic mass is 14.4. The molecule has 0 saturated heterocycles. The van der Waals surface area contributed by atoms with Gasteiger partial charge in [-0.2, -0.15) is 0 Å². The molecule has 0 amide bonds. The first-order chi connectivity index (χ1) is 27.1. The number of rotatable bonds is 2. The van der Waals surface area contributed by atoms with Crippen LogP contribution in [-0.2, 0) is 5.41 Å². The predicted octanol–water partition coefficient (Wildman–Crippen LogP) is 15.4. The minimum absolute atomic E-state index is 0.167. The van der Waals surface area contributed by atoms with Gasteiger partial charge in [-0.3, -0.25) is 0 Å². The van der Waals surface area contributed by atoms with Crippen molar-refractivity contribution in [2.45, 2.75) is 19.3 Å². The summed E-state index contributed by atoms with van der Waals surface area (Å²) in [6.07, 6.45) is 0. The van der Waals surface area contributed by atoms with Gasteiger partial charge in [-0.1, -0.05) is 166 Å². The number of fused-ring (bicyclic) bond motifs is 11. The lowest BCUT2D eigenvalue weighted by atomic mass is 9.67. The first kappa shape index (κ1) is 29.7. The van der Waals surface area contributed by atoms with Crippen molar-refractivity contribution in [1.82, 2.24) is 0 Å². The minimum atomic E-state index is -0.167. The number of hydrogen-bond donors (Lipinski definition) is 0. The van der Waals surface area contributed by atoms with Gasteiger partial charge in [0.25, 0.3) is 0 Å². The molecule has 55 heavy (non-hydrogen) atoms. The highest BCUT2D eigenvalue weighted by Crippen LogP contribution is 2.58. The third kappa shape index (κ3) is 3.63. The standard InChI is InChI=1S/C55H34/c1-55(2)45-27-26-41-50-40(25-24-38(52(45)50)42-28-33-18-9-10-19-34(33)29-46(42)55)53-47(31-14-5-3-6-15-31)44-30-43-36-21-12-11-20-35(36)37-22-13-23-39(49(37)43)51(44)48(54(41)53)32-16-7-4-8-17-32/h3-30H,1-2H3. The van der Waals surface area contributed by atoms with E-state index >= 15 is 0 Å². The molecule has 12 aromatic carbocycles. The first-order valence-electron chi connectivity index (χ1n) is 19.5. The third-order valence-corrected chi connectivity index (χ3v) is 13.3. The van der Waals surface area contributed by atoms with Crippen molar-refractivity contribution in [2.75, 3.05) is 0 Å². The van der Waals surface area contributed by atoms with E-state index in [-0.39, 0.29) is 5.41 Å². The summed E-state index contributed by atoms with van der Waals surface area (Å²) < 4.78 is 0. The normalized spacial score (nSPS) is 13.8. The second-order valence-corrected chi connectivity index (χ2v) is 16.3. The molecule has 1 aliphatic rings. The molecule has 0 bridgehead atoms. The van der Waals surface area contributed by atoms with E-state index in [4.69, 9.17) is 0 Å². The molecule has 0 radical (unpaired) electrons. The molecule has 0 atom stereocenters. The van der Waals surface area contributed by atoms with Crippen LogP contribution in [0.4, 0.5) is 0 Å². The van der Waals surface area contributed by atoms with Gasteiger partial charge in [0.1, 0.15) is 0 Å². The molecule has 0 fully saturated rings. The van der Waals surface area contributed by atoms with E-state index in [1.807, 2.05) is 0 Å². The zero-order chi connectivity index (χ0) is 36.2. The molecule has 0 aromatic heterocycles. The summed E-state index contributed by atoms with van der Waals surface area (Å²) in [5.41, 5.74) is 10.5. The summed E-state index contributed by atoms with van der Waals surface area (Å²) in [6.45, 7) is 4.85. The van der Waals surface area contributed by atoms with Gasteiger partial charge >= 0.3 is 0 Å². The van der Waals surface area contributed by atoms with Gasteiger partial charge < -0.3 is 0 Å². The van der Waals surface area contributed by atoms with Crippen molar-refractivity contribution in [1.29, 1.82) is 0 Å². The first-order valence-corrected chi connectivity index (χ1v) is 19.5. The fourth-order valence-corrected chi connectivity index (χ4v) is 11.0. The van der Waals surface area contributed by atoms with Gasteiger partial charge in [-0.25, -0.2) is 0 Å². The van der Waals surface area contributed by atoms with Crippen molar-refractivity contribution in [2.24, 2.45) is 0 Å². The molecule has 12 aromatic rings. The zero-order valence-electron chi connectivity index (χ0n) is 30.7. The Kier molecular flexibility index (Phi) is 5.53. The molecule has 13 rings (SSSR count). The molecule has 0 N–H and O–H groups in total. The summed E-state index contributed by atoms with van der Waals surface area (Å²) in [7, 11) is 0. The third-order valence-electron chi connectivity index (χ3n) is 13.3. The van der Waals surface area contributed by atoms with Gasteiger partial charge in [0.2, 0.25) is 0 Å². The molecule has 1 aliphatic carbocycles. The van der Waals surface area contributed by atoms with E-state index in [1.165, 1.54) is 131 Å². The molecular formula is C55H34. The van der Waals surface area contributed by atoms with Gasteiger partial charge in [-0.05, 0) is 149 Å². The van der Waals surface area contributed by atoms with Crippen LogP contribution in [0.5, 0.6) is 0 Å². The topological polar surface area (TPSA) is 0 Å². The summed E-state index contributed by atoms with van der Waals surface area (Å²) in [5.74, 6) is 0. The largest absolute Gasteiger partial charge is 0.0622 e. The summed E-state index contributed by atoms with van der Waals surface area (Å²) in [6, 6.07) is 64.4. The van der Waals surface area contributed by atoms with Crippen LogP contribution in [0.3, 0.4) is 0 Å². The van der Waals surface area contributed by atoms with Crippen LogP contribution in [0.2, 0.25) is 0 Å². The maximum absolute atomic E-state index is 2.54. The van der Waals surface area contributed by atoms with Crippen LogP contribution in [0.15, 0.2) is 170 Å². The lowest BCUT2D eigenvalue weighted by Crippen LogP contribution is -2.23. The van der Waals surface area contributed by atoms with Crippen molar-refractivity contribution >= 4 is 86.2 Å². The van der Waals surface area contributed by atoms with Crippen molar-refractivity contribution in [3.05, 3.63) is 181 Å². The van der Waals surface area contributed by atoms with E-state index < -0.39 is 0 Å². The average molecular weight is 695 g/mol. The predicted molar refractivity (Wildman–Crippen MR) is 237 cm³/mol. The van der Waals surface area contributed by atoms with Crippen molar-refractivity contribution in [3.63, 3.8) is 0 Å². The fourth-order valence-electron chi connectivity index (χ4n) is 11.0. The number of benzene rings is 10. The maximum atomic E-state index is 2.54. The van der Waals surface area contributed by atoms with E-state index in [1.54, 1.807) is 0 Å². The Balaban J connectivity index is 1.32. The van der Waals surface area contributed by atoms with Crippen LogP contribution < -0.4 is 0 Å². The molecule has 0 unspecified atom stereocenters. The molecule has 0 nitrogen and oxygen atoms in total. The van der Waals surface area contributed by atoms with Crippen LogP contribution in [0.1, 0.15) is 25.0 Å².